The molecule has 0 saturated heterocycles. The van der Waals surface area contributed by atoms with Crippen LogP contribution in [0, 0.1) is 24.5 Å². The van der Waals surface area contributed by atoms with Gasteiger partial charge in [-0.15, -0.1) is 0 Å². The first kappa shape index (κ1) is 58.3. The Kier molecular flexibility index (Phi) is 14.2. The predicted octanol–water partition coefficient (Wildman–Crippen LogP) is 22.2. The van der Waals surface area contributed by atoms with Crippen molar-refractivity contribution in [3.05, 3.63) is 257 Å². The van der Waals surface area contributed by atoms with Gasteiger partial charge in [0.05, 0.1) is 58.2 Å². The number of nitrogens with zero attached hydrogens (tertiary/aromatic N) is 8. The number of fused-ring (bicyclic) bond motifs is 6. The first-order valence-corrected chi connectivity index (χ1v) is 30.8. The fourth-order valence-electron chi connectivity index (χ4n) is 12.6. The van der Waals surface area contributed by atoms with E-state index in [4.69, 9.17) is 28.1 Å². The van der Waals surface area contributed by atoms with Gasteiger partial charge in [0, 0.05) is 38.2 Å². The SMILES string of the molecule is [C-]#[N+]c1ccccc1-c1cccc(-c2nc(-c3ccc(-c4ccccc4C#N)cc3-n3c4ccc(C(C)(C)C)cc4c4cc(C(C)(C)C)ccc43)nc(-c3ccc(-c4ccccc4[N+]#[C-])cc3-n3c4ccc(C(C)(C)C)cc4c4cc(C(C)(C)C)ccc43)n2)c1. The number of aromatic nitrogens is 5. The second kappa shape index (κ2) is 21.8. The summed E-state index contributed by atoms with van der Waals surface area (Å²) in [6, 6.07) is 74.1. The van der Waals surface area contributed by atoms with E-state index in [1.54, 1.807) is 0 Å². The van der Waals surface area contributed by atoms with Crippen molar-refractivity contribution in [3.63, 3.8) is 0 Å². The molecule has 0 radical (unpaired) electrons. The summed E-state index contributed by atoms with van der Waals surface area (Å²) in [4.78, 5) is 24.9. The van der Waals surface area contributed by atoms with Crippen LogP contribution in [0.2, 0.25) is 0 Å². The van der Waals surface area contributed by atoms with E-state index in [-0.39, 0.29) is 21.7 Å². The molecule has 13 aromatic rings. The lowest BCUT2D eigenvalue weighted by atomic mass is 9.85. The summed E-state index contributed by atoms with van der Waals surface area (Å²) in [7, 11) is 0. The Bertz CT molecular complexity index is 4800. The van der Waals surface area contributed by atoms with E-state index in [0.717, 1.165) is 105 Å². The van der Waals surface area contributed by atoms with E-state index in [0.29, 0.717) is 34.4 Å². The van der Waals surface area contributed by atoms with Gasteiger partial charge in [-0.05, 0) is 162 Å². The minimum Gasteiger partial charge on any atom is -0.308 e. The molecule has 0 atom stereocenters. The molecule has 10 aromatic carbocycles. The highest BCUT2D eigenvalue weighted by molar-refractivity contribution is 6.12. The molecule has 3 aromatic heterocycles. The largest absolute Gasteiger partial charge is 0.308 e. The summed E-state index contributed by atoms with van der Waals surface area (Å²) in [5, 5.41) is 15.1. The van der Waals surface area contributed by atoms with Gasteiger partial charge in [0.25, 0.3) is 0 Å². The smallest absolute Gasteiger partial charge is 0.194 e. The van der Waals surface area contributed by atoms with Crippen molar-refractivity contribution in [2.75, 3.05) is 0 Å². The first-order chi connectivity index (χ1) is 43.0. The number of rotatable bonds is 8. The number of para-hydroxylation sites is 2. The second-order valence-electron chi connectivity index (χ2n) is 27.9. The lowest BCUT2D eigenvalue weighted by Crippen LogP contribution is -2.10. The van der Waals surface area contributed by atoms with Crippen LogP contribution in [0.5, 0.6) is 0 Å². The van der Waals surface area contributed by atoms with Gasteiger partial charge >= 0.3 is 0 Å². The molecule has 0 aliphatic heterocycles. The number of benzene rings is 10. The fourth-order valence-corrected chi connectivity index (χ4v) is 12.6. The molecule has 13 rings (SSSR count). The van der Waals surface area contributed by atoms with Crippen LogP contribution in [0.15, 0.2) is 206 Å². The van der Waals surface area contributed by atoms with Crippen molar-refractivity contribution in [1.29, 1.82) is 5.26 Å². The van der Waals surface area contributed by atoms with Gasteiger partial charge in [-0.1, -0.05) is 204 Å². The topological polar surface area (TPSA) is 81.0 Å². The lowest BCUT2D eigenvalue weighted by Gasteiger charge is -2.20. The van der Waals surface area contributed by atoms with E-state index >= 15 is 0 Å². The maximum absolute atomic E-state index is 10.6. The fraction of sp³-hybridized carbons (Fsp3) is 0.195. The predicted molar refractivity (Wildman–Crippen MR) is 373 cm³/mol. The third kappa shape index (κ3) is 10.4. The molecule has 0 aliphatic carbocycles. The molecule has 0 amide bonds. The monoisotopic (exact) mass is 1170 g/mol. The Balaban J connectivity index is 1.16. The number of nitriles is 1. The third-order valence-corrected chi connectivity index (χ3v) is 17.7. The summed E-state index contributed by atoms with van der Waals surface area (Å²) in [5.41, 5.74) is 19.1. The van der Waals surface area contributed by atoms with Crippen LogP contribution in [0.3, 0.4) is 0 Å². The quantitative estimate of drug-likeness (QED) is 0.142. The van der Waals surface area contributed by atoms with Crippen molar-refractivity contribution in [1.82, 2.24) is 24.1 Å². The van der Waals surface area contributed by atoms with Gasteiger partial charge in [-0.2, -0.15) is 5.26 Å². The van der Waals surface area contributed by atoms with Crippen LogP contribution >= 0.6 is 0 Å². The van der Waals surface area contributed by atoms with Gasteiger partial charge in [-0.25, -0.2) is 24.6 Å². The summed E-state index contributed by atoms with van der Waals surface area (Å²) in [6.45, 7) is 43.6. The minimum absolute atomic E-state index is 0.119. The van der Waals surface area contributed by atoms with Crippen LogP contribution in [0.1, 0.15) is 111 Å². The second-order valence-corrected chi connectivity index (χ2v) is 27.9. The molecule has 0 bridgehead atoms. The molecular weight excluding hydrogens is 1100 g/mol. The van der Waals surface area contributed by atoms with E-state index in [2.05, 4.69) is 223 Å². The molecule has 0 aliphatic rings. The highest BCUT2D eigenvalue weighted by atomic mass is 15.1. The van der Waals surface area contributed by atoms with Crippen LogP contribution < -0.4 is 0 Å². The van der Waals surface area contributed by atoms with E-state index in [1.165, 1.54) is 22.3 Å². The summed E-state index contributed by atoms with van der Waals surface area (Å²) >= 11 is 0. The molecule has 90 heavy (non-hydrogen) atoms. The molecule has 0 fully saturated rings. The molecule has 3 heterocycles. The number of hydrogen-bond donors (Lipinski definition) is 0. The zero-order chi connectivity index (χ0) is 63.2. The van der Waals surface area contributed by atoms with Gasteiger partial charge in [-0.3, -0.25) is 0 Å². The van der Waals surface area contributed by atoms with Crippen molar-refractivity contribution in [3.8, 4) is 85.0 Å². The molecular formula is C82H70N8. The van der Waals surface area contributed by atoms with Gasteiger partial charge in [0.15, 0.2) is 28.8 Å². The first-order valence-electron chi connectivity index (χ1n) is 30.8. The summed E-state index contributed by atoms with van der Waals surface area (Å²) in [5.74, 6) is 1.31. The van der Waals surface area contributed by atoms with Crippen LogP contribution in [0.25, 0.3) is 132 Å². The average Bonchev–Trinajstić information content (AvgIpc) is 1.58. The van der Waals surface area contributed by atoms with Crippen LogP contribution in [-0.4, -0.2) is 24.1 Å². The summed E-state index contributed by atoms with van der Waals surface area (Å²) in [6.07, 6.45) is 0. The Morgan fingerprint density at radius 2 is 0.678 bits per heavy atom. The molecule has 0 spiro atoms. The Labute approximate surface area is 528 Å². The van der Waals surface area contributed by atoms with Crippen LogP contribution in [-0.2, 0) is 21.7 Å². The highest BCUT2D eigenvalue weighted by Crippen LogP contribution is 2.46. The standard InChI is InChI=1S/C82H70N8/c1-79(2,3)55-32-38-70-64(45-55)65-46-56(80(4,5)6)33-39-71(65)89(70)74-43-51(59-25-16-15-22-54(59)49-83)30-36-62(74)77-86-76(53-24-21-23-50(42-53)60-26-17-19-28-68(60)84-13)87-78(88-77)63-37-31-52(61-27-18-20-29-69(61)85-14)44-75(63)90-72-40-34-57(81(7,8)9)47-66(72)67-48-58(82(10,11)12)35-41-73(67)90/h15-48H,1-12H3. The molecule has 0 N–H and O–H groups in total. The summed E-state index contributed by atoms with van der Waals surface area (Å²) < 4.78 is 4.71. The highest BCUT2D eigenvalue weighted by Gasteiger charge is 2.28. The Morgan fingerprint density at radius 1 is 0.333 bits per heavy atom. The number of hydrogen-bond acceptors (Lipinski definition) is 4. The lowest BCUT2D eigenvalue weighted by molar-refractivity contribution is 0.590. The molecule has 0 unspecified atom stereocenters. The van der Waals surface area contributed by atoms with Gasteiger partial charge < -0.3 is 9.13 Å². The van der Waals surface area contributed by atoms with Crippen molar-refractivity contribution in [2.45, 2.75) is 105 Å². The Morgan fingerprint density at radius 3 is 1.07 bits per heavy atom. The average molecular weight is 1170 g/mol. The van der Waals surface area contributed by atoms with Gasteiger partial charge in [0.2, 0.25) is 0 Å². The molecule has 438 valence electrons. The van der Waals surface area contributed by atoms with Crippen LogP contribution in [0.4, 0.5) is 11.4 Å². The molecule has 0 saturated carbocycles. The van der Waals surface area contributed by atoms with Crippen molar-refractivity contribution >= 4 is 55.0 Å². The molecule has 8 nitrogen and oxygen atoms in total. The maximum Gasteiger partial charge on any atom is 0.194 e. The van der Waals surface area contributed by atoms with Crippen molar-refractivity contribution < 1.29 is 0 Å². The van der Waals surface area contributed by atoms with Crippen molar-refractivity contribution in [2.24, 2.45) is 0 Å². The zero-order valence-corrected chi connectivity index (χ0v) is 53.2. The van der Waals surface area contributed by atoms with E-state index < -0.39 is 0 Å². The van der Waals surface area contributed by atoms with E-state index in [9.17, 15) is 5.26 Å². The minimum atomic E-state index is -0.120. The maximum atomic E-state index is 10.6. The van der Waals surface area contributed by atoms with E-state index in [1.807, 2.05) is 91.0 Å². The zero-order valence-electron chi connectivity index (χ0n) is 53.2. The van der Waals surface area contributed by atoms with Gasteiger partial charge in [0.1, 0.15) is 0 Å². The normalized spacial score (nSPS) is 12.2. The third-order valence-electron chi connectivity index (χ3n) is 17.7. The molecule has 8 heteroatoms. The Hall–Kier alpha value is -10.7.